The van der Waals surface area contributed by atoms with Gasteiger partial charge in [-0.2, -0.15) is 0 Å². The highest BCUT2D eigenvalue weighted by atomic mass is 16.1. The molecule has 0 aliphatic carbocycles. The molecule has 3 N–H and O–H groups in total. The topological polar surface area (TPSA) is 55.1 Å². The van der Waals surface area contributed by atoms with Gasteiger partial charge < -0.3 is 11.1 Å². The fourth-order valence-electron chi connectivity index (χ4n) is 0.981. The minimum Gasteiger partial charge on any atom is -0.398 e. The number of hydrogen-bond donors (Lipinski definition) is 2. The van der Waals surface area contributed by atoms with Gasteiger partial charge in [0.15, 0.2) is 0 Å². The number of rotatable bonds is 2. The predicted molar refractivity (Wildman–Crippen MR) is 52.3 cm³/mol. The van der Waals surface area contributed by atoms with Crippen molar-refractivity contribution < 1.29 is 4.79 Å². The Balaban J connectivity index is 2.83. The Labute approximate surface area is 77.9 Å². The van der Waals surface area contributed by atoms with Crippen LogP contribution in [0, 0.1) is 6.07 Å². The van der Waals surface area contributed by atoms with E-state index in [2.05, 4.69) is 11.4 Å². The van der Waals surface area contributed by atoms with Gasteiger partial charge in [0.05, 0.1) is 5.56 Å². The van der Waals surface area contributed by atoms with Crippen LogP contribution in [-0.4, -0.2) is 11.9 Å². The van der Waals surface area contributed by atoms with E-state index in [0.29, 0.717) is 11.3 Å². The third kappa shape index (κ3) is 2.47. The number of carbonyl (C=O) groups is 1. The molecule has 1 aromatic rings. The van der Waals surface area contributed by atoms with Crippen molar-refractivity contribution in [3.63, 3.8) is 0 Å². The van der Waals surface area contributed by atoms with Crippen molar-refractivity contribution in [3.8, 4) is 0 Å². The lowest BCUT2D eigenvalue weighted by atomic mass is 10.1. The molecule has 0 heterocycles. The first-order valence-corrected chi connectivity index (χ1v) is 4.18. The van der Waals surface area contributed by atoms with Crippen LogP contribution in [0.4, 0.5) is 5.69 Å². The van der Waals surface area contributed by atoms with Gasteiger partial charge in [0.1, 0.15) is 0 Å². The molecule has 0 saturated carbocycles. The van der Waals surface area contributed by atoms with Crippen molar-refractivity contribution in [2.75, 3.05) is 5.73 Å². The number of nitrogen functional groups attached to an aromatic ring is 1. The van der Waals surface area contributed by atoms with E-state index < -0.39 is 0 Å². The van der Waals surface area contributed by atoms with Gasteiger partial charge in [-0.3, -0.25) is 4.79 Å². The highest BCUT2D eigenvalue weighted by Crippen LogP contribution is 2.09. The molecule has 1 rings (SSSR count). The Kier molecular flexibility index (Phi) is 2.90. The minimum atomic E-state index is -0.173. The summed E-state index contributed by atoms with van der Waals surface area (Å²) in [6.45, 7) is 3.80. The molecule has 0 fully saturated rings. The van der Waals surface area contributed by atoms with Crippen molar-refractivity contribution in [1.29, 1.82) is 0 Å². The first-order valence-electron chi connectivity index (χ1n) is 4.18. The smallest absolute Gasteiger partial charge is 0.254 e. The molecular formula is C10H13N2O. The van der Waals surface area contributed by atoms with E-state index in [4.69, 9.17) is 5.73 Å². The van der Waals surface area contributed by atoms with Crippen molar-refractivity contribution in [1.82, 2.24) is 5.32 Å². The second-order valence-corrected chi connectivity index (χ2v) is 3.13. The molecule has 0 saturated heterocycles. The Hall–Kier alpha value is -1.51. The van der Waals surface area contributed by atoms with Gasteiger partial charge >= 0.3 is 0 Å². The summed E-state index contributed by atoms with van der Waals surface area (Å²) in [5.41, 5.74) is 6.48. The SMILES string of the molecule is CC(C)NC(=O)c1[c]cccc1N. The highest BCUT2D eigenvalue weighted by molar-refractivity contribution is 5.98. The van der Waals surface area contributed by atoms with E-state index in [1.165, 1.54) is 0 Å². The molecule has 1 amide bonds. The zero-order valence-corrected chi connectivity index (χ0v) is 7.79. The third-order valence-electron chi connectivity index (χ3n) is 1.54. The standard InChI is InChI=1S/C10H13N2O/c1-7(2)12-10(13)8-5-3-4-6-9(8)11/h3-4,6-7H,11H2,1-2H3,(H,12,13). The zero-order valence-electron chi connectivity index (χ0n) is 7.79. The van der Waals surface area contributed by atoms with E-state index in [1.54, 1.807) is 18.2 Å². The van der Waals surface area contributed by atoms with Crippen LogP contribution in [0.15, 0.2) is 18.2 Å². The molecule has 0 aliphatic heterocycles. The average Bonchev–Trinajstić information content (AvgIpc) is 2.03. The number of carbonyl (C=O) groups excluding carboxylic acids is 1. The largest absolute Gasteiger partial charge is 0.398 e. The second kappa shape index (κ2) is 3.94. The van der Waals surface area contributed by atoms with Gasteiger partial charge in [0.2, 0.25) is 0 Å². The number of amides is 1. The maximum absolute atomic E-state index is 11.5. The fourth-order valence-corrected chi connectivity index (χ4v) is 0.981. The Morgan fingerprint density at radius 3 is 2.85 bits per heavy atom. The van der Waals surface area contributed by atoms with Gasteiger partial charge in [-0.15, -0.1) is 0 Å². The van der Waals surface area contributed by atoms with Crippen LogP contribution >= 0.6 is 0 Å². The van der Waals surface area contributed by atoms with Gasteiger partial charge in [-0.1, -0.05) is 12.1 Å². The van der Waals surface area contributed by atoms with E-state index in [-0.39, 0.29) is 11.9 Å². The lowest BCUT2D eigenvalue weighted by Gasteiger charge is -2.09. The summed E-state index contributed by atoms with van der Waals surface area (Å²) in [6.07, 6.45) is 0. The normalized spacial score (nSPS) is 10.1. The second-order valence-electron chi connectivity index (χ2n) is 3.13. The summed E-state index contributed by atoms with van der Waals surface area (Å²) in [5, 5.41) is 2.75. The molecule has 13 heavy (non-hydrogen) atoms. The van der Waals surface area contributed by atoms with E-state index in [9.17, 15) is 4.79 Å². The molecule has 0 bridgehead atoms. The first-order chi connectivity index (χ1) is 6.11. The summed E-state index contributed by atoms with van der Waals surface area (Å²) in [5.74, 6) is -0.173. The van der Waals surface area contributed by atoms with E-state index in [0.717, 1.165) is 0 Å². The molecular weight excluding hydrogens is 164 g/mol. The van der Waals surface area contributed by atoms with Crippen LogP contribution < -0.4 is 11.1 Å². The Morgan fingerprint density at radius 1 is 1.62 bits per heavy atom. The molecule has 0 aliphatic rings. The monoisotopic (exact) mass is 177 g/mol. The number of nitrogens with one attached hydrogen (secondary N) is 1. The van der Waals surface area contributed by atoms with Crippen LogP contribution in [0.1, 0.15) is 24.2 Å². The van der Waals surface area contributed by atoms with E-state index in [1.807, 2.05) is 13.8 Å². The fraction of sp³-hybridized carbons (Fsp3) is 0.300. The quantitative estimate of drug-likeness (QED) is 0.667. The summed E-state index contributed by atoms with van der Waals surface area (Å²) >= 11 is 0. The van der Waals surface area contributed by atoms with Crippen molar-refractivity contribution in [2.24, 2.45) is 0 Å². The zero-order chi connectivity index (χ0) is 9.84. The molecule has 0 atom stereocenters. The Bertz CT molecular complexity index is 308. The van der Waals surface area contributed by atoms with Crippen LogP contribution in [0.2, 0.25) is 0 Å². The van der Waals surface area contributed by atoms with Crippen LogP contribution in [0.3, 0.4) is 0 Å². The van der Waals surface area contributed by atoms with Crippen LogP contribution in [0.25, 0.3) is 0 Å². The molecule has 3 nitrogen and oxygen atoms in total. The van der Waals surface area contributed by atoms with Gasteiger partial charge in [0, 0.05) is 11.7 Å². The molecule has 1 radical (unpaired) electrons. The van der Waals surface area contributed by atoms with Crippen molar-refractivity contribution in [2.45, 2.75) is 19.9 Å². The van der Waals surface area contributed by atoms with Crippen LogP contribution in [-0.2, 0) is 0 Å². The molecule has 0 aromatic heterocycles. The van der Waals surface area contributed by atoms with Crippen molar-refractivity contribution in [3.05, 3.63) is 29.8 Å². The number of nitrogens with two attached hydrogens (primary N) is 1. The summed E-state index contributed by atoms with van der Waals surface area (Å²) in [7, 11) is 0. The molecule has 3 heteroatoms. The summed E-state index contributed by atoms with van der Waals surface area (Å²) in [6, 6.07) is 8.03. The molecule has 0 unspecified atom stereocenters. The lowest BCUT2D eigenvalue weighted by molar-refractivity contribution is 0.0944. The number of hydrogen-bond acceptors (Lipinski definition) is 2. The van der Waals surface area contributed by atoms with Crippen molar-refractivity contribution >= 4 is 11.6 Å². The maximum Gasteiger partial charge on any atom is 0.254 e. The molecule has 1 aromatic carbocycles. The average molecular weight is 177 g/mol. The summed E-state index contributed by atoms with van der Waals surface area (Å²) < 4.78 is 0. The Morgan fingerprint density at radius 2 is 2.31 bits per heavy atom. The summed E-state index contributed by atoms with van der Waals surface area (Å²) in [4.78, 5) is 11.5. The van der Waals surface area contributed by atoms with Gasteiger partial charge in [-0.25, -0.2) is 0 Å². The maximum atomic E-state index is 11.5. The molecule has 69 valence electrons. The van der Waals surface area contributed by atoms with E-state index >= 15 is 0 Å². The highest BCUT2D eigenvalue weighted by Gasteiger charge is 2.09. The number of anilines is 1. The lowest BCUT2D eigenvalue weighted by Crippen LogP contribution is -2.30. The van der Waals surface area contributed by atoms with Gasteiger partial charge in [-0.05, 0) is 26.0 Å². The first kappa shape index (κ1) is 9.58. The van der Waals surface area contributed by atoms with Crippen LogP contribution in [0.5, 0.6) is 0 Å². The third-order valence-corrected chi connectivity index (χ3v) is 1.54. The van der Waals surface area contributed by atoms with Gasteiger partial charge in [0.25, 0.3) is 5.91 Å². The number of benzene rings is 1. The minimum absolute atomic E-state index is 0.112. The predicted octanol–water partition coefficient (Wildman–Crippen LogP) is 1.21. The molecule has 0 spiro atoms.